The number of hydrogen-bond donors (Lipinski definition) is 4. The number of carboxylic acid groups (broad SMARTS) is 2. The van der Waals surface area contributed by atoms with Gasteiger partial charge in [0.1, 0.15) is 11.3 Å². The molecule has 4 N–H and O–H groups in total. The van der Waals surface area contributed by atoms with E-state index in [-0.39, 0.29) is 29.0 Å². The van der Waals surface area contributed by atoms with Gasteiger partial charge in [-0.25, -0.2) is 4.79 Å². The Kier molecular flexibility index (Phi) is 3.71. The van der Waals surface area contributed by atoms with Crippen LogP contribution in [0.15, 0.2) is 18.2 Å². The number of carbonyl (C=O) groups excluding carboxylic acids is 1. The summed E-state index contributed by atoms with van der Waals surface area (Å²) in [4.78, 5) is 34.8. The fraction of sp³-hybridized carbons (Fsp3) is 0.438. The highest BCUT2D eigenvalue weighted by Crippen LogP contribution is 2.52. The molecule has 1 amide bonds. The molecule has 122 valence electrons. The zero-order valence-electron chi connectivity index (χ0n) is 12.2. The number of phenols is 1. The molecule has 0 radical (unpaired) electrons. The van der Waals surface area contributed by atoms with Gasteiger partial charge in [-0.05, 0) is 43.2 Å². The lowest BCUT2D eigenvalue weighted by Gasteiger charge is -2.27. The highest BCUT2D eigenvalue weighted by molar-refractivity contribution is 5.97. The van der Waals surface area contributed by atoms with Gasteiger partial charge in [-0.3, -0.25) is 9.59 Å². The third kappa shape index (κ3) is 2.62. The predicted molar refractivity (Wildman–Crippen MR) is 79.1 cm³/mol. The monoisotopic (exact) mass is 319 g/mol. The van der Waals surface area contributed by atoms with E-state index in [1.54, 1.807) is 0 Å². The molecule has 2 saturated carbocycles. The summed E-state index contributed by atoms with van der Waals surface area (Å²) >= 11 is 0. The number of carboxylic acids is 2. The normalized spacial score (nSPS) is 28.5. The molecule has 4 atom stereocenters. The number of fused-ring (bicyclic) bond motifs is 2. The number of aromatic carboxylic acids is 1. The SMILES string of the molecule is O=C(O)c1ccc(NC(=O)C2C3CCC(C3)C2C(=O)O)cc1O. The minimum atomic E-state index is -1.26. The van der Waals surface area contributed by atoms with Gasteiger partial charge in [0, 0.05) is 11.8 Å². The van der Waals surface area contributed by atoms with Gasteiger partial charge in [0.25, 0.3) is 0 Å². The summed E-state index contributed by atoms with van der Waals surface area (Å²) in [6.07, 6.45) is 2.47. The fourth-order valence-electron chi connectivity index (χ4n) is 4.04. The van der Waals surface area contributed by atoms with E-state index in [0.717, 1.165) is 25.3 Å². The Bertz CT molecular complexity index is 685. The first kappa shape index (κ1) is 15.3. The second-order valence-corrected chi connectivity index (χ2v) is 6.25. The third-order valence-corrected chi connectivity index (χ3v) is 5.00. The number of aromatic hydroxyl groups is 1. The van der Waals surface area contributed by atoms with E-state index >= 15 is 0 Å². The van der Waals surface area contributed by atoms with Gasteiger partial charge in [-0.2, -0.15) is 0 Å². The average molecular weight is 319 g/mol. The average Bonchev–Trinajstić information content (AvgIpc) is 3.07. The number of carbonyl (C=O) groups is 3. The minimum Gasteiger partial charge on any atom is -0.507 e. The Hall–Kier alpha value is -2.57. The molecule has 0 heterocycles. The number of amides is 1. The van der Waals surface area contributed by atoms with Crippen molar-refractivity contribution in [3.05, 3.63) is 23.8 Å². The van der Waals surface area contributed by atoms with Crippen molar-refractivity contribution in [1.82, 2.24) is 0 Å². The number of rotatable bonds is 4. The maximum absolute atomic E-state index is 12.5. The van der Waals surface area contributed by atoms with Crippen molar-refractivity contribution in [2.24, 2.45) is 23.7 Å². The Morgan fingerprint density at radius 2 is 1.70 bits per heavy atom. The van der Waals surface area contributed by atoms with E-state index in [9.17, 15) is 24.6 Å². The molecule has 7 nitrogen and oxygen atoms in total. The van der Waals surface area contributed by atoms with E-state index in [0.29, 0.717) is 0 Å². The molecule has 7 heteroatoms. The highest BCUT2D eigenvalue weighted by Gasteiger charge is 2.53. The molecule has 2 aliphatic rings. The van der Waals surface area contributed by atoms with Crippen molar-refractivity contribution in [1.29, 1.82) is 0 Å². The Labute approximate surface area is 131 Å². The van der Waals surface area contributed by atoms with Crippen LogP contribution in [-0.2, 0) is 9.59 Å². The van der Waals surface area contributed by atoms with E-state index in [4.69, 9.17) is 5.11 Å². The molecule has 4 unspecified atom stereocenters. The molecule has 1 aromatic rings. The maximum Gasteiger partial charge on any atom is 0.339 e. The van der Waals surface area contributed by atoms with E-state index < -0.39 is 29.5 Å². The van der Waals surface area contributed by atoms with Crippen molar-refractivity contribution >= 4 is 23.5 Å². The van der Waals surface area contributed by atoms with Crippen LogP contribution in [0.5, 0.6) is 5.75 Å². The molecule has 3 rings (SSSR count). The molecule has 0 spiro atoms. The van der Waals surface area contributed by atoms with Crippen LogP contribution in [-0.4, -0.2) is 33.2 Å². The molecule has 0 aromatic heterocycles. The Morgan fingerprint density at radius 1 is 1.04 bits per heavy atom. The molecule has 23 heavy (non-hydrogen) atoms. The van der Waals surface area contributed by atoms with E-state index in [2.05, 4.69) is 5.32 Å². The van der Waals surface area contributed by atoms with Gasteiger partial charge in [0.05, 0.1) is 11.8 Å². The largest absolute Gasteiger partial charge is 0.507 e. The molecule has 2 bridgehead atoms. The number of hydrogen-bond acceptors (Lipinski definition) is 4. The van der Waals surface area contributed by atoms with Gasteiger partial charge in [0.2, 0.25) is 5.91 Å². The number of anilines is 1. The van der Waals surface area contributed by atoms with Gasteiger partial charge in [-0.15, -0.1) is 0 Å². The first-order chi connectivity index (χ1) is 10.9. The lowest BCUT2D eigenvalue weighted by molar-refractivity contribution is -0.148. The van der Waals surface area contributed by atoms with Gasteiger partial charge in [0.15, 0.2) is 0 Å². The van der Waals surface area contributed by atoms with Crippen molar-refractivity contribution in [2.75, 3.05) is 5.32 Å². The molecule has 0 saturated heterocycles. The smallest absolute Gasteiger partial charge is 0.339 e. The molecule has 2 fully saturated rings. The maximum atomic E-state index is 12.5. The highest BCUT2D eigenvalue weighted by atomic mass is 16.4. The van der Waals surface area contributed by atoms with Crippen molar-refractivity contribution in [2.45, 2.75) is 19.3 Å². The lowest BCUT2D eigenvalue weighted by atomic mass is 9.78. The number of aliphatic carboxylic acids is 1. The summed E-state index contributed by atoms with van der Waals surface area (Å²) in [5.41, 5.74) is -0.00394. The topological polar surface area (TPSA) is 124 Å². The van der Waals surface area contributed by atoms with Crippen LogP contribution < -0.4 is 5.32 Å². The van der Waals surface area contributed by atoms with Gasteiger partial charge in [-0.1, -0.05) is 0 Å². The molecule has 2 aliphatic carbocycles. The first-order valence-corrected chi connectivity index (χ1v) is 7.48. The lowest BCUT2D eigenvalue weighted by Crippen LogP contribution is -2.37. The van der Waals surface area contributed by atoms with E-state index in [1.807, 2.05) is 0 Å². The molecular weight excluding hydrogens is 302 g/mol. The Morgan fingerprint density at radius 3 is 2.26 bits per heavy atom. The summed E-state index contributed by atoms with van der Waals surface area (Å²) in [5.74, 6) is -4.15. The van der Waals surface area contributed by atoms with Crippen LogP contribution >= 0.6 is 0 Å². The van der Waals surface area contributed by atoms with Gasteiger partial charge < -0.3 is 20.6 Å². The summed E-state index contributed by atoms with van der Waals surface area (Å²) in [6.45, 7) is 0. The van der Waals surface area contributed by atoms with Crippen molar-refractivity contribution < 1.29 is 29.7 Å². The van der Waals surface area contributed by atoms with Crippen LogP contribution in [0.2, 0.25) is 0 Å². The third-order valence-electron chi connectivity index (χ3n) is 5.00. The van der Waals surface area contributed by atoms with Crippen LogP contribution in [0, 0.1) is 23.7 Å². The van der Waals surface area contributed by atoms with Crippen molar-refractivity contribution in [3.8, 4) is 5.75 Å². The molecule has 0 aliphatic heterocycles. The first-order valence-electron chi connectivity index (χ1n) is 7.48. The number of benzene rings is 1. The second kappa shape index (κ2) is 5.57. The summed E-state index contributed by atoms with van der Waals surface area (Å²) in [7, 11) is 0. The van der Waals surface area contributed by atoms with Crippen LogP contribution in [0.4, 0.5) is 5.69 Å². The van der Waals surface area contributed by atoms with Crippen LogP contribution in [0.3, 0.4) is 0 Å². The molecule has 1 aromatic carbocycles. The zero-order valence-corrected chi connectivity index (χ0v) is 12.2. The van der Waals surface area contributed by atoms with Crippen LogP contribution in [0.25, 0.3) is 0 Å². The number of nitrogens with one attached hydrogen (secondary N) is 1. The molecular formula is C16H17NO6. The standard InChI is InChI=1S/C16H17NO6/c18-11-6-9(3-4-10(11)15(20)21)17-14(19)12-7-1-2-8(5-7)13(12)16(22)23/h3-4,6-8,12-13,18H,1-2,5H2,(H,17,19)(H,20,21)(H,22,23). The fourth-order valence-corrected chi connectivity index (χ4v) is 4.04. The van der Waals surface area contributed by atoms with Crippen molar-refractivity contribution in [3.63, 3.8) is 0 Å². The summed E-state index contributed by atoms with van der Waals surface area (Å²) in [6, 6.07) is 3.73. The van der Waals surface area contributed by atoms with E-state index in [1.165, 1.54) is 12.1 Å². The minimum absolute atomic E-state index is 0.0519. The summed E-state index contributed by atoms with van der Waals surface area (Å²) < 4.78 is 0. The quantitative estimate of drug-likeness (QED) is 0.670. The summed E-state index contributed by atoms with van der Waals surface area (Å²) in [5, 5.41) is 30.5. The van der Waals surface area contributed by atoms with Crippen LogP contribution in [0.1, 0.15) is 29.6 Å². The zero-order chi connectivity index (χ0) is 16.7. The Balaban J connectivity index is 1.78. The predicted octanol–water partition coefficient (Wildman–Crippen LogP) is 1.78. The van der Waals surface area contributed by atoms with Gasteiger partial charge >= 0.3 is 11.9 Å². The second-order valence-electron chi connectivity index (χ2n) is 6.25.